The first kappa shape index (κ1) is 21.4. The Bertz CT molecular complexity index is 932. The predicted molar refractivity (Wildman–Crippen MR) is 104 cm³/mol. The second-order valence-electron chi connectivity index (χ2n) is 5.64. The Balaban J connectivity index is 2.43. The van der Waals surface area contributed by atoms with Gasteiger partial charge in [-0.1, -0.05) is 0 Å². The van der Waals surface area contributed by atoms with Crippen molar-refractivity contribution in [1.29, 1.82) is 0 Å². The van der Waals surface area contributed by atoms with Crippen molar-refractivity contribution in [3.05, 3.63) is 47.2 Å². The molecule has 2 rings (SSSR count). The SMILES string of the molecule is COc1cc(C(=O)N/C(=C/c2ccc(O)cc2O)C(=O)NN)cc(OC)c1OC. The molecule has 2 aromatic rings. The first-order chi connectivity index (χ1) is 13.8. The second-order valence-corrected chi connectivity index (χ2v) is 5.64. The van der Waals surface area contributed by atoms with Crippen LogP contribution in [0, 0.1) is 0 Å². The first-order valence-corrected chi connectivity index (χ1v) is 8.20. The van der Waals surface area contributed by atoms with Gasteiger partial charge >= 0.3 is 0 Å². The number of amides is 2. The number of benzene rings is 2. The van der Waals surface area contributed by atoms with Crippen molar-refractivity contribution in [2.24, 2.45) is 5.84 Å². The van der Waals surface area contributed by atoms with Crippen LogP contribution in [0.2, 0.25) is 0 Å². The number of hydrazine groups is 1. The number of nitrogens with one attached hydrogen (secondary N) is 2. The number of rotatable bonds is 7. The standard InChI is InChI=1S/C19H21N3O7/c1-27-15-7-11(8-16(28-2)17(15)29-3)18(25)21-13(19(26)22-20)6-10-4-5-12(23)9-14(10)24/h4-9,23-24H,20H2,1-3H3,(H,21,25)(H,22,26)/b13-6+. The van der Waals surface area contributed by atoms with E-state index in [-0.39, 0.29) is 39.8 Å². The van der Waals surface area contributed by atoms with Crippen LogP contribution < -0.4 is 30.8 Å². The molecule has 0 saturated heterocycles. The minimum atomic E-state index is -0.807. The molecule has 0 bridgehead atoms. The molecule has 2 aromatic carbocycles. The van der Waals surface area contributed by atoms with Crippen LogP contribution in [0.5, 0.6) is 28.7 Å². The van der Waals surface area contributed by atoms with Crippen LogP contribution in [0.25, 0.3) is 6.08 Å². The predicted octanol–water partition coefficient (Wildman–Crippen LogP) is 0.884. The van der Waals surface area contributed by atoms with Crippen LogP contribution >= 0.6 is 0 Å². The molecule has 0 heterocycles. The molecule has 0 aromatic heterocycles. The summed E-state index contributed by atoms with van der Waals surface area (Å²) in [6.07, 6.45) is 1.20. The van der Waals surface area contributed by atoms with Gasteiger partial charge in [0.2, 0.25) is 5.75 Å². The Labute approximate surface area is 166 Å². The van der Waals surface area contributed by atoms with Crippen molar-refractivity contribution in [1.82, 2.24) is 10.7 Å². The molecule has 0 spiro atoms. The molecule has 0 atom stereocenters. The summed E-state index contributed by atoms with van der Waals surface area (Å²) in [6.45, 7) is 0. The molecule has 0 radical (unpaired) electrons. The van der Waals surface area contributed by atoms with Gasteiger partial charge < -0.3 is 29.7 Å². The highest BCUT2D eigenvalue weighted by Crippen LogP contribution is 2.38. The Morgan fingerprint density at radius 1 is 1.00 bits per heavy atom. The Morgan fingerprint density at radius 3 is 2.10 bits per heavy atom. The summed E-state index contributed by atoms with van der Waals surface area (Å²) in [7, 11) is 4.23. The number of carbonyl (C=O) groups is 2. The van der Waals surface area contributed by atoms with E-state index in [0.29, 0.717) is 5.75 Å². The van der Waals surface area contributed by atoms with E-state index in [1.807, 2.05) is 5.43 Å². The van der Waals surface area contributed by atoms with Crippen LogP contribution in [0.1, 0.15) is 15.9 Å². The number of carbonyl (C=O) groups excluding carboxylic acids is 2. The number of hydrogen-bond acceptors (Lipinski definition) is 8. The highest BCUT2D eigenvalue weighted by atomic mass is 16.5. The zero-order valence-electron chi connectivity index (χ0n) is 16.0. The average Bonchev–Trinajstić information content (AvgIpc) is 2.72. The third-order valence-electron chi connectivity index (χ3n) is 3.86. The van der Waals surface area contributed by atoms with Crippen LogP contribution in [0.4, 0.5) is 0 Å². The number of phenols is 2. The van der Waals surface area contributed by atoms with Gasteiger partial charge in [-0.25, -0.2) is 5.84 Å². The number of ether oxygens (including phenoxy) is 3. The summed E-state index contributed by atoms with van der Waals surface area (Å²) < 4.78 is 15.6. The molecule has 0 fully saturated rings. The summed E-state index contributed by atoms with van der Waals surface area (Å²) in [5.41, 5.74) is 1.96. The van der Waals surface area contributed by atoms with Gasteiger partial charge in [0, 0.05) is 17.2 Å². The second kappa shape index (κ2) is 9.33. The molecule has 6 N–H and O–H groups in total. The van der Waals surface area contributed by atoms with E-state index in [4.69, 9.17) is 20.1 Å². The quantitative estimate of drug-likeness (QED) is 0.198. The van der Waals surface area contributed by atoms with Crippen molar-refractivity contribution >= 4 is 17.9 Å². The van der Waals surface area contributed by atoms with Gasteiger partial charge in [-0.2, -0.15) is 0 Å². The highest BCUT2D eigenvalue weighted by Gasteiger charge is 2.19. The van der Waals surface area contributed by atoms with Gasteiger partial charge in [-0.15, -0.1) is 0 Å². The van der Waals surface area contributed by atoms with Gasteiger partial charge in [-0.05, 0) is 30.3 Å². The number of methoxy groups -OCH3 is 3. The molecule has 29 heavy (non-hydrogen) atoms. The largest absolute Gasteiger partial charge is 0.508 e. The maximum atomic E-state index is 12.7. The van der Waals surface area contributed by atoms with E-state index < -0.39 is 11.8 Å². The van der Waals surface area contributed by atoms with Crippen LogP contribution in [0.15, 0.2) is 36.0 Å². The summed E-state index contributed by atoms with van der Waals surface area (Å²) >= 11 is 0. The number of phenolic OH excluding ortho intramolecular Hbond substituents is 2. The van der Waals surface area contributed by atoms with Crippen LogP contribution in [-0.4, -0.2) is 43.4 Å². The molecule has 0 aliphatic rings. The number of nitrogens with two attached hydrogens (primary N) is 1. The normalized spacial score (nSPS) is 10.8. The molecule has 0 saturated carbocycles. The molecular weight excluding hydrogens is 382 g/mol. The summed E-state index contributed by atoms with van der Waals surface area (Å²) in [6, 6.07) is 6.58. The zero-order chi connectivity index (χ0) is 21.6. The third kappa shape index (κ3) is 4.87. The van der Waals surface area contributed by atoms with Crippen molar-refractivity contribution in [3.63, 3.8) is 0 Å². The van der Waals surface area contributed by atoms with Gasteiger partial charge in [0.05, 0.1) is 21.3 Å². The van der Waals surface area contributed by atoms with Crippen molar-refractivity contribution in [2.45, 2.75) is 0 Å². The lowest BCUT2D eigenvalue weighted by molar-refractivity contribution is -0.117. The van der Waals surface area contributed by atoms with Crippen LogP contribution in [-0.2, 0) is 4.79 Å². The summed E-state index contributed by atoms with van der Waals surface area (Å²) in [4.78, 5) is 24.8. The van der Waals surface area contributed by atoms with E-state index in [1.54, 1.807) is 0 Å². The minimum absolute atomic E-state index is 0.116. The van der Waals surface area contributed by atoms with E-state index in [2.05, 4.69) is 5.32 Å². The Kier molecular flexibility index (Phi) is 6.88. The molecule has 0 unspecified atom stereocenters. The molecule has 10 nitrogen and oxygen atoms in total. The van der Waals surface area contributed by atoms with E-state index in [0.717, 1.165) is 6.07 Å². The smallest absolute Gasteiger partial charge is 0.281 e. The van der Waals surface area contributed by atoms with E-state index in [9.17, 15) is 19.8 Å². The Hall–Kier alpha value is -3.92. The molecule has 2 amide bonds. The first-order valence-electron chi connectivity index (χ1n) is 8.20. The highest BCUT2D eigenvalue weighted by molar-refractivity contribution is 6.05. The fraction of sp³-hybridized carbons (Fsp3) is 0.158. The van der Waals surface area contributed by atoms with Crippen molar-refractivity contribution in [3.8, 4) is 28.7 Å². The molecule has 0 aliphatic heterocycles. The third-order valence-corrected chi connectivity index (χ3v) is 3.86. The fourth-order valence-electron chi connectivity index (χ4n) is 2.45. The lowest BCUT2D eigenvalue weighted by atomic mass is 10.1. The summed E-state index contributed by atoms with van der Waals surface area (Å²) in [5, 5.41) is 21.7. The number of hydrogen-bond donors (Lipinski definition) is 5. The molecular formula is C19H21N3O7. The van der Waals surface area contributed by atoms with Gasteiger partial charge in [0.25, 0.3) is 11.8 Å². The van der Waals surface area contributed by atoms with Crippen LogP contribution in [0.3, 0.4) is 0 Å². The van der Waals surface area contributed by atoms with Gasteiger partial charge in [0.1, 0.15) is 17.2 Å². The van der Waals surface area contributed by atoms with E-state index >= 15 is 0 Å². The lowest BCUT2D eigenvalue weighted by Gasteiger charge is -2.15. The topological polar surface area (TPSA) is 152 Å². The maximum Gasteiger partial charge on any atom is 0.281 e. The van der Waals surface area contributed by atoms with Crippen molar-refractivity contribution < 1.29 is 34.0 Å². The summed E-state index contributed by atoms with van der Waals surface area (Å²) in [5.74, 6) is 4.05. The number of aromatic hydroxyl groups is 2. The van der Waals surface area contributed by atoms with Gasteiger partial charge in [0.15, 0.2) is 11.5 Å². The minimum Gasteiger partial charge on any atom is -0.508 e. The molecule has 154 valence electrons. The fourth-order valence-corrected chi connectivity index (χ4v) is 2.45. The van der Waals surface area contributed by atoms with Gasteiger partial charge in [-0.3, -0.25) is 15.0 Å². The molecule has 0 aliphatic carbocycles. The average molecular weight is 403 g/mol. The van der Waals surface area contributed by atoms with E-state index in [1.165, 1.54) is 51.7 Å². The lowest BCUT2D eigenvalue weighted by Crippen LogP contribution is -2.38. The monoisotopic (exact) mass is 403 g/mol. The Morgan fingerprint density at radius 2 is 1.62 bits per heavy atom. The zero-order valence-corrected chi connectivity index (χ0v) is 16.0. The molecule has 10 heteroatoms. The van der Waals surface area contributed by atoms with Crippen molar-refractivity contribution in [2.75, 3.05) is 21.3 Å². The maximum absolute atomic E-state index is 12.7.